The largest absolute Gasteiger partial charge is 0.507 e. The van der Waals surface area contributed by atoms with Crippen LogP contribution in [-0.4, -0.2) is 87.4 Å². The minimum atomic E-state index is -2.77. The van der Waals surface area contributed by atoms with Crippen LogP contribution in [0.15, 0.2) is 11.1 Å². The zero-order valence-electron chi connectivity index (χ0n) is 22.9. The van der Waals surface area contributed by atoms with Gasteiger partial charge in [-0.1, -0.05) is 20.8 Å². The van der Waals surface area contributed by atoms with Gasteiger partial charge in [0.15, 0.2) is 34.7 Å². The topological polar surface area (TPSA) is 188 Å². The Morgan fingerprint density at radius 1 is 1.18 bits per heavy atom. The molecule has 0 spiro atoms. The molecular formula is C28H35N3O8. The number of aromatic hydroxyl groups is 1. The normalized spacial score (nSPS) is 31.2. The smallest absolute Gasteiger partial charge is 0.235 e. The van der Waals surface area contributed by atoms with Crippen molar-refractivity contribution in [2.24, 2.45) is 34.4 Å². The van der Waals surface area contributed by atoms with Crippen molar-refractivity contribution in [2.45, 2.75) is 57.6 Å². The predicted molar refractivity (Wildman–Crippen MR) is 139 cm³/mol. The van der Waals surface area contributed by atoms with Crippen LogP contribution in [0.25, 0.3) is 0 Å². The van der Waals surface area contributed by atoms with Crippen molar-refractivity contribution in [1.82, 2.24) is 4.90 Å². The molecule has 0 saturated heterocycles. The second kappa shape index (κ2) is 9.42. The Labute approximate surface area is 226 Å². The SMILES string of the molecule is CC(=NCO)c1cc(C(C)(C)C)c(O)c2c1C[C@H]1C[C@H]3[C@H](N(C)C)C(=O)C(C(N)=O)C(=O)[C@@]3(O)C(=O)C1C2=O. The van der Waals surface area contributed by atoms with E-state index in [0.717, 1.165) is 0 Å². The van der Waals surface area contributed by atoms with E-state index in [1.54, 1.807) is 13.0 Å². The summed E-state index contributed by atoms with van der Waals surface area (Å²) in [5, 5.41) is 32.4. The number of likely N-dealkylation sites (N-methyl/N-ethyl adjacent to an activating group) is 1. The second-order valence-corrected chi connectivity index (χ2v) is 12.1. The first kappa shape index (κ1) is 28.7. The summed E-state index contributed by atoms with van der Waals surface area (Å²) in [6, 6.07) is 0.561. The molecule has 0 aromatic heterocycles. The first-order valence-electron chi connectivity index (χ1n) is 12.9. The standard InChI is InChI=1S/C28H35N3O8/c1-11(30-10-32)13-9-16(27(2,3)4)21(33)18-14(13)7-12-8-15-20(31(5)6)23(35)19(26(29)38)25(37)28(15,39)24(36)17(12)22(18)34/h9,12,15,17,19-20,32-33,39H,7-8,10H2,1-6H3,(H2,29,38)/t12-,15-,17?,19?,20-,28-/m0/s1. The molecule has 3 aliphatic carbocycles. The molecule has 1 amide bonds. The average molecular weight is 542 g/mol. The summed E-state index contributed by atoms with van der Waals surface area (Å²) in [7, 11) is 3.07. The number of amides is 1. The number of primary amides is 1. The van der Waals surface area contributed by atoms with Gasteiger partial charge in [0, 0.05) is 17.2 Å². The third-order valence-electron chi connectivity index (χ3n) is 8.57. The molecule has 0 radical (unpaired) electrons. The van der Waals surface area contributed by atoms with Crippen molar-refractivity contribution in [3.05, 3.63) is 28.3 Å². The van der Waals surface area contributed by atoms with Gasteiger partial charge < -0.3 is 21.1 Å². The lowest BCUT2D eigenvalue weighted by atomic mass is 9.52. The predicted octanol–water partition coefficient (Wildman–Crippen LogP) is -0.0767. The number of carbonyl (C=O) groups excluding carboxylic acids is 5. The van der Waals surface area contributed by atoms with Crippen LogP contribution in [0.3, 0.4) is 0 Å². The zero-order chi connectivity index (χ0) is 29.4. The van der Waals surface area contributed by atoms with Crippen molar-refractivity contribution < 1.29 is 39.3 Å². The Hall–Kier alpha value is -3.28. The highest BCUT2D eigenvalue weighted by Crippen LogP contribution is 2.52. The van der Waals surface area contributed by atoms with Crippen LogP contribution in [0.2, 0.25) is 0 Å². The van der Waals surface area contributed by atoms with E-state index in [-0.39, 0.29) is 24.2 Å². The summed E-state index contributed by atoms with van der Waals surface area (Å²) < 4.78 is 0. The number of aliphatic hydroxyl groups is 2. The molecule has 2 unspecified atom stereocenters. The number of fused-ring (bicyclic) bond motifs is 3. The van der Waals surface area contributed by atoms with Crippen LogP contribution >= 0.6 is 0 Å². The van der Waals surface area contributed by atoms with Gasteiger partial charge in [0.05, 0.1) is 17.5 Å². The molecule has 0 heterocycles. The van der Waals surface area contributed by atoms with Gasteiger partial charge in [-0.2, -0.15) is 0 Å². The molecule has 1 aromatic rings. The molecule has 4 rings (SSSR count). The first-order chi connectivity index (χ1) is 18.0. The molecule has 5 N–H and O–H groups in total. The molecule has 2 fully saturated rings. The van der Waals surface area contributed by atoms with Gasteiger partial charge in [-0.05, 0) is 62.4 Å². The maximum absolute atomic E-state index is 14.1. The Bertz CT molecular complexity index is 1340. The molecule has 11 nitrogen and oxygen atoms in total. The quantitative estimate of drug-likeness (QED) is 0.299. The van der Waals surface area contributed by atoms with Crippen molar-refractivity contribution in [3.8, 4) is 5.75 Å². The summed E-state index contributed by atoms with van der Waals surface area (Å²) in [4.78, 5) is 72.3. The molecule has 210 valence electrons. The van der Waals surface area contributed by atoms with Gasteiger partial charge in [0.1, 0.15) is 12.5 Å². The Kier molecular flexibility index (Phi) is 6.94. The minimum Gasteiger partial charge on any atom is -0.507 e. The zero-order valence-corrected chi connectivity index (χ0v) is 22.9. The van der Waals surface area contributed by atoms with Gasteiger partial charge in [-0.25, -0.2) is 0 Å². The van der Waals surface area contributed by atoms with E-state index >= 15 is 0 Å². The number of carbonyl (C=O) groups is 5. The maximum atomic E-state index is 14.1. The number of Topliss-reactive ketones (excluding diaryl/α,β-unsaturated/α-hetero) is 4. The fourth-order valence-electron chi connectivity index (χ4n) is 6.76. The summed E-state index contributed by atoms with van der Waals surface area (Å²) >= 11 is 0. The lowest BCUT2D eigenvalue weighted by molar-refractivity contribution is -0.181. The second-order valence-electron chi connectivity index (χ2n) is 12.1. The van der Waals surface area contributed by atoms with Crippen molar-refractivity contribution in [1.29, 1.82) is 0 Å². The molecule has 11 heteroatoms. The summed E-state index contributed by atoms with van der Waals surface area (Å²) in [6.07, 6.45) is 0.0821. The summed E-state index contributed by atoms with van der Waals surface area (Å²) in [5.74, 6) is -10.9. The van der Waals surface area contributed by atoms with Gasteiger partial charge in [0.25, 0.3) is 0 Å². The summed E-state index contributed by atoms with van der Waals surface area (Å²) in [6.45, 7) is 6.70. The number of aliphatic hydroxyl groups excluding tert-OH is 1. The van der Waals surface area contributed by atoms with Gasteiger partial charge in [-0.3, -0.25) is 33.9 Å². The van der Waals surface area contributed by atoms with Crippen LogP contribution in [-0.2, 0) is 31.0 Å². The highest BCUT2D eigenvalue weighted by Gasteiger charge is 2.69. The van der Waals surface area contributed by atoms with E-state index in [2.05, 4.69) is 4.99 Å². The van der Waals surface area contributed by atoms with E-state index in [1.807, 2.05) is 20.8 Å². The van der Waals surface area contributed by atoms with E-state index in [1.165, 1.54) is 19.0 Å². The number of nitrogens with two attached hydrogens (primary N) is 1. The third-order valence-corrected chi connectivity index (χ3v) is 8.57. The minimum absolute atomic E-state index is 0.0404. The van der Waals surface area contributed by atoms with Gasteiger partial charge in [-0.15, -0.1) is 0 Å². The van der Waals surface area contributed by atoms with Gasteiger partial charge in [0.2, 0.25) is 5.91 Å². The lowest BCUT2D eigenvalue weighted by Crippen LogP contribution is -2.74. The molecule has 3 aliphatic rings. The first-order valence-corrected chi connectivity index (χ1v) is 12.9. The maximum Gasteiger partial charge on any atom is 0.235 e. The molecule has 2 saturated carbocycles. The number of nitrogens with zero attached hydrogens (tertiary/aromatic N) is 2. The number of phenolic OH excluding ortho intramolecular Hbond substituents is 1. The van der Waals surface area contributed by atoms with Crippen LogP contribution in [0.5, 0.6) is 5.75 Å². The van der Waals surface area contributed by atoms with Crippen LogP contribution in [0.1, 0.15) is 61.2 Å². The highest BCUT2D eigenvalue weighted by atomic mass is 16.3. The highest BCUT2D eigenvalue weighted by molar-refractivity contribution is 6.32. The van der Waals surface area contributed by atoms with Crippen LogP contribution in [0, 0.1) is 23.7 Å². The lowest BCUT2D eigenvalue weighted by Gasteiger charge is -2.52. The van der Waals surface area contributed by atoms with Crippen molar-refractivity contribution >= 4 is 34.8 Å². The van der Waals surface area contributed by atoms with Crippen LogP contribution in [0.4, 0.5) is 0 Å². The van der Waals surface area contributed by atoms with Crippen molar-refractivity contribution in [2.75, 3.05) is 20.8 Å². The Morgan fingerprint density at radius 3 is 2.31 bits per heavy atom. The third kappa shape index (κ3) is 4.06. The number of aliphatic imine (C=N–C) groups is 1. The van der Waals surface area contributed by atoms with E-state index in [4.69, 9.17) is 5.73 Å². The number of hydrogen-bond donors (Lipinski definition) is 4. The fraction of sp³-hybridized carbons (Fsp3) is 0.571. The van der Waals surface area contributed by atoms with Crippen LogP contribution < -0.4 is 5.73 Å². The van der Waals surface area contributed by atoms with E-state index in [0.29, 0.717) is 22.4 Å². The average Bonchev–Trinajstić information content (AvgIpc) is 2.80. The van der Waals surface area contributed by atoms with E-state index < -0.39 is 76.5 Å². The number of rotatable bonds is 4. The molecular weight excluding hydrogens is 506 g/mol. The monoisotopic (exact) mass is 541 g/mol. The number of phenols is 1. The Morgan fingerprint density at radius 2 is 1.79 bits per heavy atom. The number of ketones is 4. The Balaban J connectivity index is 1.95. The molecule has 39 heavy (non-hydrogen) atoms. The summed E-state index contributed by atoms with van der Waals surface area (Å²) in [5.41, 5.74) is 3.73. The number of benzene rings is 1. The molecule has 0 aliphatic heterocycles. The molecule has 1 aromatic carbocycles. The fourth-order valence-corrected chi connectivity index (χ4v) is 6.76. The van der Waals surface area contributed by atoms with Crippen molar-refractivity contribution in [3.63, 3.8) is 0 Å². The van der Waals surface area contributed by atoms with E-state index in [9.17, 15) is 39.3 Å². The molecule has 6 atom stereocenters. The number of hydrogen-bond acceptors (Lipinski definition) is 10. The molecule has 0 bridgehead atoms. The van der Waals surface area contributed by atoms with Gasteiger partial charge >= 0.3 is 0 Å².